The van der Waals surface area contributed by atoms with Crippen molar-refractivity contribution in [3.8, 4) is 0 Å². The summed E-state index contributed by atoms with van der Waals surface area (Å²) >= 11 is 1.51. The Morgan fingerprint density at radius 2 is 1.75 bits per heavy atom. The van der Waals surface area contributed by atoms with Crippen LogP contribution in [-0.2, 0) is 35.1 Å². The summed E-state index contributed by atoms with van der Waals surface area (Å²) in [7, 11) is 5.06. The number of likely N-dealkylation sites (N-methyl/N-ethyl adjacent to an activating group) is 1. The Kier molecular flexibility index (Phi) is 17.0. The smallest absolute Gasteiger partial charge is 0.244 e. The molecule has 0 aliphatic carbocycles. The van der Waals surface area contributed by atoms with E-state index in [4.69, 9.17) is 15.2 Å². The molecule has 0 bridgehead atoms. The highest BCUT2D eigenvalue weighted by Crippen LogP contribution is 2.31. The predicted molar refractivity (Wildman–Crippen MR) is 209 cm³/mol. The monoisotopic (exact) mass is 756 g/mol. The number of hydrogen-bond acceptors (Lipinski definition) is 10. The van der Waals surface area contributed by atoms with Crippen LogP contribution in [-0.4, -0.2) is 103 Å². The predicted octanol–water partition coefficient (Wildman–Crippen LogP) is 4.59. The Balaban J connectivity index is 1.79. The van der Waals surface area contributed by atoms with Gasteiger partial charge in [0.05, 0.1) is 48.1 Å². The largest absolute Gasteiger partial charge is 0.379 e. The average molecular weight is 757 g/mol. The number of methoxy groups -OCH3 is 2. The summed E-state index contributed by atoms with van der Waals surface area (Å²) < 4.78 is 12.1. The van der Waals surface area contributed by atoms with E-state index in [1.807, 2.05) is 73.3 Å². The molecule has 0 saturated carbocycles. The van der Waals surface area contributed by atoms with Crippen molar-refractivity contribution in [1.82, 2.24) is 25.4 Å². The lowest BCUT2D eigenvalue weighted by atomic mass is 9.87. The van der Waals surface area contributed by atoms with Gasteiger partial charge in [0.2, 0.25) is 23.6 Å². The number of likely N-dealkylation sites (tertiary alicyclic amines) is 1. The Morgan fingerprint density at radius 1 is 1.08 bits per heavy atom. The number of rotatable bonds is 20. The normalized spacial score (nSPS) is 19.0. The fourth-order valence-electron chi connectivity index (χ4n) is 7.54. The first-order chi connectivity index (χ1) is 25.1. The first-order valence-electron chi connectivity index (χ1n) is 19.0. The molecular formula is C40H64N6O6S. The van der Waals surface area contributed by atoms with Crippen LogP contribution in [0.15, 0.2) is 41.9 Å². The van der Waals surface area contributed by atoms with E-state index in [0.717, 1.165) is 23.4 Å². The zero-order valence-corrected chi connectivity index (χ0v) is 34.3. The molecule has 1 saturated heterocycles. The van der Waals surface area contributed by atoms with Crippen LogP contribution >= 0.6 is 11.3 Å². The lowest BCUT2D eigenvalue weighted by Gasteiger charge is -2.43. The van der Waals surface area contributed by atoms with E-state index in [9.17, 15) is 19.2 Å². The second-order valence-electron chi connectivity index (χ2n) is 15.5. The maximum atomic E-state index is 14.3. The third-order valence-electron chi connectivity index (χ3n) is 11.0. The number of imide groups is 1. The molecule has 1 aromatic heterocycles. The van der Waals surface area contributed by atoms with Crippen molar-refractivity contribution in [2.75, 3.05) is 34.4 Å². The van der Waals surface area contributed by atoms with Gasteiger partial charge in [-0.25, -0.2) is 4.98 Å². The summed E-state index contributed by atoms with van der Waals surface area (Å²) in [6.45, 7) is 14.0. The number of nitrogens with zero attached hydrogens (tertiary/aromatic N) is 3. The Labute approximate surface area is 320 Å². The highest BCUT2D eigenvalue weighted by Gasteiger charge is 2.44. The minimum Gasteiger partial charge on any atom is -0.379 e. The van der Waals surface area contributed by atoms with Gasteiger partial charge in [0, 0.05) is 44.9 Å². The van der Waals surface area contributed by atoms with Crippen molar-refractivity contribution >= 4 is 35.0 Å². The molecule has 8 atom stereocenters. The summed E-state index contributed by atoms with van der Waals surface area (Å²) in [6.07, 6.45) is 3.62. The lowest BCUT2D eigenvalue weighted by Crippen LogP contribution is -2.59. The minimum absolute atomic E-state index is 0.0504. The zero-order chi connectivity index (χ0) is 39.5. The second-order valence-corrected chi connectivity index (χ2v) is 16.4. The van der Waals surface area contributed by atoms with Crippen LogP contribution in [0.1, 0.15) is 90.8 Å². The molecule has 1 fully saturated rings. The highest BCUT2D eigenvalue weighted by atomic mass is 32.1. The number of hydrogen-bond donors (Lipinski definition) is 3. The number of ether oxygens (including phenoxy) is 2. The summed E-state index contributed by atoms with van der Waals surface area (Å²) in [5, 5.41) is 8.56. The van der Waals surface area contributed by atoms with E-state index in [2.05, 4.69) is 29.5 Å². The molecule has 0 radical (unpaired) electrons. The van der Waals surface area contributed by atoms with Crippen molar-refractivity contribution in [3.05, 3.63) is 52.5 Å². The molecule has 4 amide bonds. The number of benzene rings is 1. The molecule has 1 aromatic carbocycles. The molecule has 13 heteroatoms. The lowest BCUT2D eigenvalue weighted by molar-refractivity contribution is -0.144. The van der Waals surface area contributed by atoms with Crippen LogP contribution in [0.3, 0.4) is 0 Å². The molecule has 1 aliphatic heterocycles. The van der Waals surface area contributed by atoms with Gasteiger partial charge in [-0.2, -0.15) is 0 Å². The van der Waals surface area contributed by atoms with Crippen molar-refractivity contribution in [2.24, 2.45) is 28.9 Å². The summed E-state index contributed by atoms with van der Waals surface area (Å²) in [4.78, 5) is 63.1. The van der Waals surface area contributed by atoms with Gasteiger partial charge in [-0.3, -0.25) is 29.4 Å². The topological polar surface area (TPSA) is 156 Å². The number of nitrogens with two attached hydrogens (primary N) is 1. The maximum Gasteiger partial charge on any atom is 0.244 e. The first kappa shape index (κ1) is 44.2. The third-order valence-corrected chi connectivity index (χ3v) is 11.9. The molecule has 4 N–H and O–H groups in total. The van der Waals surface area contributed by atoms with Gasteiger partial charge < -0.3 is 25.4 Å². The van der Waals surface area contributed by atoms with Crippen LogP contribution in [0.5, 0.6) is 0 Å². The molecule has 53 heavy (non-hydrogen) atoms. The van der Waals surface area contributed by atoms with Gasteiger partial charge in [0.15, 0.2) is 0 Å². The Morgan fingerprint density at radius 3 is 2.30 bits per heavy atom. The van der Waals surface area contributed by atoms with Crippen molar-refractivity contribution in [1.29, 1.82) is 0 Å². The average Bonchev–Trinajstić information content (AvgIpc) is 3.85. The second kappa shape index (κ2) is 20.5. The fraction of sp³-hybridized carbons (Fsp3) is 0.675. The molecule has 0 unspecified atom stereocenters. The quantitative estimate of drug-likeness (QED) is 0.176. The van der Waals surface area contributed by atoms with E-state index in [0.29, 0.717) is 19.4 Å². The maximum absolute atomic E-state index is 14.3. The van der Waals surface area contributed by atoms with Crippen LogP contribution in [0, 0.1) is 23.2 Å². The van der Waals surface area contributed by atoms with E-state index in [1.165, 1.54) is 11.3 Å². The number of thiazole rings is 1. The van der Waals surface area contributed by atoms with Gasteiger partial charge in [0.1, 0.15) is 5.01 Å². The molecule has 1 aliphatic rings. The fourth-order valence-corrected chi connectivity index (χ4v) is 8.23. The molecule has 0 spiro atoms. The van der Waals surface area contributed by atoms with E-state index < -0.39 is 41.4 Å². The van der Waals surface area contributed by atoms with E-state index in [-0.39, 0.29) is 54.7 Å². The van der Waals surface area contributed by atoms with Gasteiger partial charge in [-0.05, 0) is 57.6 Å². The number of carbonyl (C=O) groups excluding carboxylic acids is 4. The van der Waals surface area contributed by atoms with Crippen molar-refractivity contribution in [3.63, 3.8) is 0 Å². The number of aromatic nitrogens is 1. The third kappa shape index (κ3) is 11.4. The molecule has 2 aromatic rings. The van der Waals surface area contributed by atoms with Gasteiger partial charge in [-0.15, -0.1) is 11.3 Å². The number of nitrogens with one attached hydrogen (secondary N) is 2. The SMILES string of the molecule is CC[C@H](C)[C@@H]([C@@H](CC(=O)N1CCC[C@H]1[C@H](OC)[C@@H](C)C(=O)N[C@@H](Cc1ccccc1)c1nccs1)OC)N(C)[C@H](C(=O)NC(=O)C(C)(C)CN)C(C)C. The number of carbonyl (C=O) groups is 4. The van der Waals surface area contributed by atoms with Crippen LogP contribution in [0.25, 0.3) is 0 Å². The number of amides is 4. The summed E-state index contributed by atoms with van der Waals surface area (Å²) in [6, 6.07) is 8.42. The van der Waals surface area contributed by atoms with Crippen LogP contribution < -0.4 is 16.4 Å². The molecule has 3 rings (SSSR count). The van der Waals surface area contributed by atoms with Crippen molar-refractivity contribution in [2.45, 2.75) is 117 Å². The van der Waals surface area contributed by atoms with Crippen LogP contribution in [0.4, 0.5) is 0 Å². The van der Waals surface area contributed by atoms with Crippen molar-refractivity contribution < 1.29 is 28.7 Å². The summed E-state index contributed by atoms with van der Waals surface area (Å²) in [5.41, 5.74) is 6.00. The Bertz CT molecular complexity index is 1460. The standard InChI is InChI=1S/C40H64N6O6S/c1-11-26(4)34(45(8)33(25(2)3)37(49)44-39(50)40(6,7)24-41)31(51-9)23-32(47)46-20-15-18-30(46)35(52-10)27(5)36(48)43-29(38-42-19-21-53-38)22-28-16-13-12-14-17-28/h12-14,16-17,19,21,25-27,29-31,33-35H,11,15,18,20,22-24,41H2,1-10H3,(H,43,48)(H,44,49,50)/t26-,27+,29-,30-,31+,33-,34-,35+/m0/s1. The van der Waals surface area contributed by atoms with Gasteiger partial charge >= 0.3 is 0 Å². The molecule has 2 heterocycles. The molecular weight excluding hydrogens is 693 g/mol. The summed E-state index contributed by atoms with van der Waals surface area (Å²) in [5.74, 6) is -1.72. The van der Waals surface area contributed by atoms with E-state index in [1.54, 1.807) is 34.3 Å². The van der Waals surface area contributed by atoms with Gasteiger partial charge in [0.25, 0.3) is 0 Å². The zero-order valence-electron chi connectivity index (χ0n) is 33.5. The minimum atomic E-state index is -0.900. The molecule has 296 valence electrons. The van der Waals surface area contributed by atoms with E-state index >= 15 is 0 Å². The Hall–Kier alpha value is -3.23. The highest BCUT2D eigenvalue weighted by molar-refractivity contribution is 7.09. The molecule has 12 nitrogen and oxygen atoms in total. The van der Waals surface area contributed by atoms with Crippen LogP contribution in [0.2, 0.25) is 0 Å². The van der Waals surface area contributed by atoms with Gasteiger partial charge in [-0.1, -0.05) is 71.4 Å². The first-order valence-corrected chi connectivity index (χ1v) is 19.9.